The van der Waals surface area contributed by atoms with Crippen molar-refractivity contribution in [1.29, 1.82) is 0 Å². The molecule has 1 atom stereocenters. The predicted octanol–water partition coefficient (Wildman–Crippen LogP) is 2.75. The van der Waals surface area contributed by atoms with Crippen LogP contribution in [0.5, 0.6) is 0 Å². The second-order valence-electron chi connectivity index (χ2n) is 5.96. The number of hydrogen-bond acceptors (Lipinski definition) is 4. The van der Waals surface area contributed by atoms with Crippen LogP contribution >= 0.6 is 0 Å². The van der Waals surface area contributed by atoms with E-state index in [1.807, 2.05) is 25.2 Å². The summed E-state index contributed by atoms with van der Waals surface area (Å²) in [5.41, 5.74) is 6.93. The van der Waals surface area contributed by atoms with Crippen LogP contribution < -0.4 is 11.1 Å². The molecule has 5 nitrogen and oxygen atoms in total. The van der Waals surface area contributed by atoms with E-state index in [9.17, 15) is 0 Å². The Morgan fingerprint density at radius 3 is 2.54 bits per heavy atom. The lowest BCUT2D eigenvalue weighted by Crippen LogP contribution is -2.23. The van der Waals surface area contributed by atoms with E-state index in [1.165, 1.54) is 38.4 Å². The first-order valence-electron chi connectivity index (χ1n) is 8.89. The molecule has 0 bridgehead atoms. The fourth-order valence-corrected chi connectivity index (χ4v) is 2.52. The Hall–Kier alpha value is -1.59. The molecular weight excluding hydrogens is 302 g/mol. The Morgan fingerprint density at radius 1 is 1.12 bits per heavy atom. The molecule has 0 aliphatic rings. The van der Waals surface area contributed by atoms with Crippen molar-refractivity contribution in [2.45, 2.75) is 44.6 Å². The lowest BCUT2D eigenvalue weighted by atomic mass is 10.1. The summed E-state index contributed by atoms with van der Waals surface area (Å²) in [6, 6.07) is 10.5. The highest BCUT2D eigenvalue weighted by Crippen LogP contribution is 2.08. The third-order valence-corrected chi connectivity index (χ3v) is 3.86. The lowest BCUT2D eigenvalue weighted by molar-refractivity contribution is 0.116. The summed E-state index contributed by atoms with van der Waals surface area (Å²) in [7, 11) is 3.53. The molecule has 0 fully saturated rings. The molecule has 3 N–H and O–H groups in total. The molecule has 0 amide bonds. The minimum atomic E-state index is -0.0111. The quantitative estimate of drug-likeness (QED) is 0.330. The van der Waals surface area contributed by atoms with Crippen molar-refractivity contribution in [3.05, 3.63) is 35.9 Å². The van der Waals surface area contributed by atoms with E-state index in [4.69, 9.17) is 15.2 Å². The zero-order chi connectivity index (χ0) is 17.5. The molecule has 0 heterocycles. The number of aliphatic imine (C=N–C) groups is 1. The van der Waals surface area contributed by atoms with Crippen molar-refractivity contribution in [3.8, 4) is 0 Å². The average molecular weight is 335 g/mol. The normalized spacial score (nSPS) is 13.0. The van der Waals surface area contributed by atoms with Gasteiger partial charge in [-0.05, 0) is 38.4 Å². The van der Waals surface area contributed by atoms with Crippen molar-refractivity contribution in [2.24, 2.45) is 10.7 Å². The van der Waals surface area contributed by atoms with Gasteiger partial charge in [0.25, 0.3) is 6.02 Å². The maximum Gasteiger partial charge on any atom is 0.281 e. The van der Waals surface area contributed by atoms with Gasteiger partial charge in [0, 0.05) is 6.61 Å². The monoisotopic (exact) mass is 335 g/mol. The van der Waals surface area contributed by atoms with Crippen molar-refractivity contribution >= 4 is 6.02 Å². The average Bonchev–Trinajstić information content (AvgIpc) is 2.61. The molecule has 0 saturated carbocycles. The SMILES string of the molecule is CNCCCCCCCOCC(Cc1ccccc1)N=C(N)OC. The summed E-state index contributed by atoms with van der Waals surface area (Å²) in [5, 5.41) is 3.17. The number of rotatable bonds is 13. The molecule has 24 heavy (non-hydrogen) atoms. The summed E-state index contributed by atoms with van der Waals surface area (Å²) in [5.74, 6) is 0. The first-order valence-corrected chi connectivity index (χ1v) is 8.89. The molecule has 0 aliphatic carbocycles. The third-order valence-electron chi connectivity index (χ3n) is 3.86. The molecule has 0 saturated heterocycles. The van der Waals surface area contributed by atoms with Gasteiger partial charge >= 0.3 is 0 Å². The van der Waals surface area contributed by atoms with Crippen LogP contribution in [0.15, 0.2) is 35.3 Å². The molecule has 1 unspecified atom stereocenters. The molecule has 1 rings (SSSR count). The van der Waals surface area contributed by atoms with E-state index in [0.29, 0.717) is 6.61 Å². The molecule has 1 aromatic rings. The van der Waals surface area contributed by atoms with E-state index in [1.54, 1.807) is 0 Å². The Morgan fingerprint density at radius 2 is 1.83 bits per heavy atom. The van der Waals surface area contributed by atoms with Crippen molar-refractivity contribution in [1.82, 2.24) is 5.32 Å². The minimum absolute atomic E-state index is 0.0111. The molecule has 1 aromatic carbocycles. The summed E-state index contributed by atoms with van der Waals surface area (Å²) < 4.78 is 10.8. The first-order chi connectivity index (χ1) is 11.8. The highest BCUT2D eigenvalue weighted by molar-refractivity contribution is 5.71. The third kappa shape index (κ3) is 10.2. The zero-order valence-electron chi connectivity index (χ0n) is 15.2. The van der Waals surface area contributed by atoms with E-state index >= 15 is 0 Å². The van der Waals surface area contributed by atoms with E-state index < -0.39 is 0 Å². The van der Waals surface area contributed by atoms with Gasteiger partial charge in [-0.3, -0.25) is 0 Å². The highest BCUT2D eigenvalue weighted by atomic mass is 16.5. The van der Waals surface area contributed by atoms with Crippen molar-refractivity contribution < 1.29 is 9.47 Å². The largest absolute Gasteiger partial charge is 0.469 e. The molecule has 5 heteroatoms. The van der Waals surface area contributed by atoms with Crippen LogP contribution in [0.3, 0.4) is 0 Å². The number of hydrogen-bond donors (Lipinski definition) is 2. The summed E-state index contributed by atoms with van der Waals surface area (Å²) >= 11 is 0. The topological polar surface area (TPSA) is 68.9 Å². The number of methoxy groups -OCH3 is 1. The molecule has 0 aromatic heterocycles. The fourth-order valence-electron chi connectivity index (χ4n) is 2.52. The number of amidine groups is 1. The standard InChI is InChI=1S/C19H33N3O2/c1-21-13-9-4-3-5-10-14-24-16-18(22-19(20)23-2)15-17-11-7-6-8-12-17/h6-8,11-12,18,21H,3-5,9-10,13-16H2,1-2H3,(H2,20,22). The fraction of sp³-hybridized carbons (Fsp3) is 0.632. The van der Waals surface area contributed by atoms with Gasteiger partial charge in [0.15, 0.2) is 0 Å². The molecule has 0 spiro atoms. The summed E-state index contributed by atoms with van der Waals surface area (Å²) in [6.45, 7) is 2.45. The number of nitrogens with two attached hydrogens (primary N) is 1. The highest BCUT2D eigenvalue weighted by Gasteiger charge is 2.10. The first kappa shape index (κ1) is 20.5. The number of nitrogens with zero attached hydrogens (tertiary/aromatic N) is 1. The van der Waals surface area contributed by atoms with Gasteiger partial charge in [0.05, 0.1) is 19.8 Å². The molecule has 0 aliphatic heterocycles. The molecule has 136 valence electrons. The summed E-state index contributed by atoms with van der Waals surface area (Å²) in [4.78, 5) is 4.40. The maximum atomic E-state index is 5.81. The van der Waals surface area contributed by atoms with Gasteiger partial charge in [-0.2, -0.15) is 0 Å². The predicted molar refractivity (Wildman–Crippen MR) is 100 cm³/mol. The van der Waals surface area contributed by atoms with Crippen LogP contribution in [0.4, 0.5) is 0 Å². The summed E-state index contributed by atoms with van der Waals surface area (Å²) in [6.07, 6.45) is 6.92. The van der Waals surface area contributed by atoms with Crippen LogP contribution in [-0.4, -0.2) is 46.0 Å². The van der Waals surface area contributed by atoms with Crippen LogP contribution in [-0.2, 0) is 15.9 Å². The van der Waals surface area contributed by atoms with Crippen LogP contribution in [0, 0.1) is 0 Å². The Kier molecular flexibility index (Phi) is 11.8. The van der Waals surface area contributed by atoms with Gasteiger partial charge in [-0.25, -0.2) is 4.99 Å². The second-order valence-corrected chi connectivity index (χ2v) is 5.96. The van der Waals surface area contributed by atoms with E-state index in [0.717, 1.165) is 26.0 Å². The van der Waals surface area contributed by atoms with E-state index in [-0.39, 0.29) is 12.1 Å². The lowest BCUT2D eigenvalue weighted by Gasteiger charge is -2.14. The zero-order valence-corrected chi connectivity index (χ0v) is 15.2. The van der Waals surface area contributed by atoms with Gasteiger partial charge in [-0.1, -0.05) is 49.6 Å². The van der Waals surface area contributed by atoms with E-state index in [2.05, 4.69) is 22.4 Å². The Labute approximate surface area is 146 Å². The minimum Gasteiger partial charge on any atom is -0.469 e. The van der Waals surface area contributed by atoms with Crippen molar-refractivity contribution in [2.75, 3.05) is 33.9 Å². The second kappa shape index (κ2) is 13.8. The Bertz CT molecular complexity index is 437. The Balaban J connectivity index is 2.25. The van der Waals surface area contributed by atoms with Crippen LogP contribution in [0.25, 0.3) is 0 Å². The number of benzene rings is 1. The van der Waals surface area contributed by atoms with Crippen molar-refractivity contribution in [3.63, 3.8) is 0 Å². The molecular formula is C19H33N3O2. The molecule has 0 radical (unpaired) electrons. The van der Waals surface area contributed by atoms with Crippen LogP contribution in [0.2, 0.25) is 0 Å². The maximum absolute atomic E-state index is 5.81. The van der Waals surface area contributed by atoms with Gasteiger partial charge in [0.1, 0.15) is 0 Å². The van der Waals surface area contributed by atoms with Gasteiger partial charge in [0.2, 0.25) is 0 Å². The van der Waals surface area contributed by atoms with Crippen LogP contribution in [0.1, 0.15) is 37.7 Å². The van der Waals surface area contributed by atoms with Gasteiger partial charge in [-0.15, -0.1) is 0 Å². The van der Waals surface area contributed by atoms with Gasteiger partial charge < -0.3 is 20.5 Å². The smallest absolute Gasteiger partial charge is 0.281 e. The number of unbranched alkanes of at least 4 members (excludes halogenated alkanes) is 4. The number of nitrogens with one attached hydrogen (secondary N) is 1. The number of ether oxygens (including phenoxy) is 2.